The van der Waals surface area contributed by atoms with Crippen LogP contribution in [-0.4, -0.2) is 10.9 Å². The average molecular weight is 329 g/mol. The summed E-state index contributed by atoms with van der Waals surface area (Å²) in [7, 11) is 0. The fourth-order valence-electron chi connectivity index (χ4n) is 2.07. The zero-order valence-corrected chi connectivity index (χ0v) is 13.2. The Morgan fingerprint density at radius 3 is 2.82 bits per heavy atom. The molecule has 3 aromatic rings. The van der Waals surface area contributed by atoms with Crippen molar-refractivity contribution < 1.29 is 4.79 Å². The highest BCUT2D eigenvalue weighted by molar-refractivity contribution is 7.13. The molecule has 1 aromatic carbocycles. The number of hydrogen-bond donors (Lipinski definition) is 1. The van der Waals surface area contributed by atoms with Gasteiger partial charge in [-0.3, -0.25) is 9.78 Å². The van der Waals surface area contributed by atoms with Crippen LogP contribution in [-0.2, 0) is 6.54 Å². The molecule has 0 saturated carbocycles. The molecule has 0 fully saturated rings. The maximum atomic E-state index is 12.1. The number of rotatable bonds is 4. The van der Waals surface area contributed by atoms with Gasteiger partial charge in [0.2, 0.25) is 0 Å². The molecular formula is C17H13ClN2OS. The second kappa shape index (κ2) is 6.73. The topological polar surface area (TPSA) is 42.0 Å². The number of carbonyl (C=O) groups is 1. The Morgan fingerprint density at radius 1 is 1.18 bits per heavy atom. The van der Waals surface area contributed by atoms with Crippen molar-refractivity contribution in [2.45, 2.75) is 6.54 Å². The third-order valence-corrected chi connectivity index (χ3v) is 4.39. The Balaban J connectivity index is 1.71. The Hall–Kier alpha value is -2.17. The van der Waals surface area contributed by atoms with Crippen LogP contribution in [0.3, 0.4) is 0 Å². The van der Waals surface area contributed by atoms with Crippen LogP contribution in [0.4, 0.5) is 0 Å². The molecule has 5 heteroatoms. The molecule has 1 amide bonds. The van der Waals surface area contributed by atoms with Crippen molar-refractivity contribution in [3.63, 3.8) is 0 Å². The lowest BCUT2D eigenvalue weighted by Gasteiger charge is -2.07. The van der Waals surface area contributed by atoms with E-state index >= 15 is 0 Å². The summed E-state index contributed by atoms with van der Waals surface area (Å²) in [6.07, 6.45) is 1.76. The zero-order valence-electron chi connectivity index (χ0n) is 11.6. The maximum Gasteiger partial charge on any atom is 0.253 e. The molecule has 1 N–H and O–H groups in total. The molecule has 0 unspecified atom stereocenters. The van der Waals surface area contributed by atoms with Gasteiger partial charge in [0.1, 0.15) is 0 Å². The van der Waals surface area contributed by atoms with Crippen molar-refractivity contribution in [3.8, 4) is 10.6 Å². The van der Waals surface area contributed by atoms with Crippen molar-refractivity contribution in [2.24, 2.45) is 0 Å². The van der Waals surface area contributed by atoms with Crippen LogP contribution in [0.5, 0.6) is 0 Å². The Kier molecular flexibility index (Phi) is 4.51. The van der Waals surface area contributed by atoms with E-state index in [1.807, 2.05) is 29.6 Å². The molecule has 0 atom stereocenters. The number of carbonyl (C=O) groups excluding carboxylic acids is 1. The van der Waals surface area contributed by atoms with E-state index < -0.39 is 0 Å². The van der Waals surface area contributed by atoms with E-state index in [4.69, 9.17) is 11.6 Å². The lowest BCUT2D eigenvalue weighted by Crippen LogP contribution is -2.23. The first-order valence-electron chi connectivity index (χ1n) is 6.75. The van der Waals surface area contributed by atoms with Crippen LogP contribution in [0, 0.1) is 0 Å². The number of nitrogens with one attached hydrogen (secondary N) is 1. The van der Waals surface area contributed by atoms with E-state index in [9.17, 15) is 4.79 Å². The number of aromatic nitrogens is 1. The number of amides is 1. The van der Waals surface area contributed by atoms with E-state index in [0.29, 0.717) is 17.1 Å². The Morgan fingerprint density at radius 2 is 2.05 bits per heavy atom. The molecule has 0 saturated heterocycles. The summed E-state index contributed by atoms with van der Waals surface area (Å²) < 4.78 is 0. The molecular weight excluding hydrogens is 316 g/mol. The van der Waals surface area contributed by atoms with Gasteiger partial charge < -0.3 is 5.32 Å². The minimum atomic E-state index is -0.180. The first-order chi connectivity index (χ1) is 10.7. The highest BCUT2D eigenvalue weighted by Crippen LogP contribution is 2.23. The minimum Gasteiger partial charge on any atom is -0.348 e. The SMILES string of the molecule is O=C(NCc1ccnc(-c2cccs2)c1)c1ccccc1Cl. The van der Waals surface area contributed by atoms with Crippen molar-refractivity contribution in [1.29, 1.82) is 0 Å². The van der Waals surface area contributed by atoms with Crippen molar-refractivity contribution in [1.82, 2.24) is 10.3 Å². The Bertz CT molecular complexity index is 787. The quantitative estimate of drug-likeness (QED) is 0.771. The molecule has 0 aliphatic heterocycles. The molecule has 3 rings (SSSR count). The zero-order chi connectivity index (χ0) is 15.4. The molecule has 0 radical (unpaired) electrons. The Labute approximate surface area is 137 Å². The fraction of sp³-hybridized carbons (Fsp3) is 0.0588. The highest BCUT2D eigenvalue weighted by Gasteiger charge is 2.09. The van der Waals surface area contributed by atoms with Crippen LogP contribution in [0.15, 0.2) is 60.1 Å². The molecule has 0 spiro atoms. The van der Waals surface area contributed by atoms with E-state index in [2.05, 4.69) is 10.3 Å². The van der Waals surface area contributed by atoms with Gasteiger partial charge in [0, 0.05) is 12.7 Å². The molecule has 0 aliphatic carbocycles. The second-order valence-electron chi connectivity index (χ2n) is 4.69. The summed E-state index contributed by atoms with van der Waals surface area (Å²) in [5.41, 5.74) is 2.40. The summed E-state index contributed by atoms with van der Waals surface area (Å²) in [5.74, 6) is -0.180. The summed E-state index contributed by atoms with van der Waals surface area (Å²) in [4.78, 5) is 17.6. The summed E-state index contributed by atoms with van der Waals surface area (Å²) in [5, 5.41) is 5.35. The van der Waals surface area contributed by atoms with E-state index in [0.717, 1.165) is 16.1 Å². The van der Waals surface area contributed by atoms with Gasteiger partial charge in [0.15, 0.2) is 0 Å². The number of thiophene rings is 1. The van der Waals surface area contributed by atoms with Crippen LogP contribution in [0.2, 0.25) is 5.02 Å². The molecule has 22 heavy (non-hydrogen) atoms. The highest BCUT2D eigenvalue weighted by atomic mass is 35.5. The molecule has 3 nitrogen and oxygen atoms in total. The van der Waals surface area contributed by atoms with Gasteiger partial charge in [-0.25, -0.2) is 0 Å². The van der Waals surface area contributed by atoms with Crippen molar-refractivity contribution in [3.05, 3.63) is 76.3 Å². The van der Waals surface area contributed by atoms with Crippen molar-refractivity contribution in [2.75, 3.05) is 0 Å². The van der Waals surface area contributed by atoms with Gasteiger partial charge in [-0.2, -0.15) is 0 Å². The number of nitrogens with zero attached hydrogens (tertiary/aromatic N) is 1. The number of pyridine rings is 1. The third-order valence-electron chi connectivity index (χ3n) is 3.17. The molecule has 110 valence electrons. The van der Waals surface area contributed by atoms with E-state index in [1.54, 1.807) is 41.8 Å². The van der Waals surface area contributed by atoms with Gasteiger partial charge in [0.25, 0.3) is 5.91 Å². The first-order valence-corrected chi connectivity index (χ1v) is 8.01. The maximum absolute atomic E-state index is 12.1. The van der Waals surface area contributed by atoms with Crippen molar-refractivity contribution >= 4 is 28.8 Å². The molecule has 2 heterocycles. The van der Waals surface area contributed by atoms with Gasteiger partial charge in [-0.05, 0) is 41.3 Å². The summed E-state index contributed by atoms with van der Waals surface area (Å²) in [6.45, 7) is 0.435. The third kappa shape index (κ3) is 3.35. The second-order valence-corrected chi connectivity index (χ2v) is 6.04. The normalized spacial score (nSPS) is 10.4. The minimum absolute atomic E-state index is 0.180. The number of benzene rings is 1. The number of hydrogen-bond acceptors (Lipinski definition) is 3. The van der Waals surface area contributed by atoms with E-state index in [-0.39, 0.29) is 5.91 Å². The lowest BCUT2D eigenvalue weighted by molar-refractivity contribution is 0.0951. The largest absolute Gasteiger partial charge is 0.348 e. The standard InChI is InChI=1S/C17H13ClN2OS/c18-14-5-2-1-4-13(14)17(21)20-11-12-7-8-19-15(10-12)16-6-3-9-22-16/h1-10H,11H2,(H,20,21). The predicted octanol–water partition coefficient (Wildman–Crippen LogP) is 4.39. The first kappa shape index (κ1) is 14.8. The summed E-state index contributed by atoms with van der Waals surface area (Å²) in [6, 6.07) is 14.9. The molecule has 0 aliphatic rings. The lowest BCUT2D eigenvalue weighted by atomic mass is 10.2. The van der Waals surface area contributed by atoms with Gasteiger partial charge >= 0.3 is 0 Å². The number of halogens is 1. The predicted molar refractivity (Wildman–Crippen MR) is 90.2 cm³/mol. The van der Waals surface area contributed by atoms with E-state index in [1.165, 1.54) is 0 Å². The van der Waals surface area contributed by atoms with Gasteiger partial charge in [-0.15, -0.1) is 11.3 Å². The summed E-state index contributed by atoms with van der Waals surface area (Å²) >= 11 is 7.66. The van der Waals surface area contributed by atoms with Crippen LogP contribution >= 0.6 is 22.9 Å². The smallest absolute Gasteiger partial charge is 0.253 e. The monoisotopic (exact) mass is 328 g/mol. The van der Waals surface area contributed by atoms with Gasteiger partial charge in [0.05, 0.1) is 21.2 Å². The van der Waals surface area contributed by atoms with Crippen LogP contribution < -0.4 is 5.32 Å². The fourth-order valence-corrected chi connectivity index (χ4v) is 2.98. The van der Waals surface area contributed by atoms with Crippen LogP contribution in [0.25, 0.3) is 10.6 Å². The van der Waals surface area contributed by atoms with Crippen LogP contribution in [0.1, 0.15) is 15.9 Å². The average Bonchev–Trinajstić information content (AvgIpc) is 3.08. The molecule has 2 aromatic heterocycles. The van der Waals surface area contributed by atoms with Gasteiger partial charge in [-0.1, -0.05) is 29.8 Å². The molecule has 0 bridgehead atoms.